The van der Waals surface area contributed by atoms with Gasteiger partial charge in [0.2, 0.25) is 0 Å². The molecule has 1 nitrogen and oxygen atoms in total. The summed E-state index contributed by atoms with van der Waals surface area (Å²) in [5.41, 5.74) is 0. The van der Waals surface area contributed by atoms with E-state index in [9.17, 15) is 0 Å². The van der Waals surface area contributed by atoms with Gasteiger partial charge in [0.25, 0.3) is 0 Å². The molecule has 0 rings (SSSR count). The van der Waals surface area contributed by atoms with E-state index in [2.05, 4.69) is 0 Å². The third kappa shape index (κ3) is 18.0. The molecule has 5 heteroatoms. The van der Waals surface area contributed by atoms with E-state index >= 15 is 0 Å². The average Bonchev–Trinajstić information content (AvgIpc) is 0. The van der Waals surface area contributed by atoms with Gasteiger partial charge in [-0.2, -0.15) is 0 Å². The molecule has 0 radical (unpaired) electrons. The van der Waals surface area contributed by atoms with Crippen molar-refractivity contribution in [1.29, 1.82) is 0 Å². The first-order chi connectivity index (χ1) is 0. The fourth-order valence-electron chi connectivity index (χ4n) is 0. The second-order valence-corrected chi connectivity index (χ2v) is 0. The van der Waals surface area contributed by atoms with Crippen LogP contribution in [0.15, 0.2) is 0 Å². The molecule has 0 spiro atoms. The van der Waals surface area contributed by atoms with E-state index in [-0.39, 0.29) is 124 Å². The molecule has 0 aliphatic heterocycles. The Balaban J connectivity index is 0. The molecule has 0 aromatic heterocycles. The molecule has 0 atom stereocenters. The van der Waals surface area contributed by atoms with Gasteiger partial charge in [0.15, 0.2) is 0 Å². The SMILES string of the molecule is N.[NaH].[NaH].[NaH].[NaH]. The minimum atomic E-state index is 0. The molecule has 0 aromatic carbocycles. The molecule has 16 valence electrons. The third-order valence-electron chi connectivity index (χ3n) is 0. The topological polar surface area (TPSA) is 35.0 Å². The maximum atomic E-state index is 0. The molecule has 0 aliphatic carbocycles. The second-order valence-electron chi connectivity index (χ2n) is 0. The molecule has 0 bridgehead atoms. The Morgan fingerprint density at radius 2 is 0.400 bits per heavy atom. The zero-order chi connectivity index (χ0) is 0. The number of hydrogen-bond acceptors (Lipinski definition) is 1. The predicted molar refractivity (Wildman–Crippen MR) is 33.6 cm³/mol. The molecule has 0 saturated carbocycles. The van der Waals surface area contributed by atoms with E-state index in [0.717, 1.165) is 0 Å². The van der Waals surface area contributed by atoms with Crippen molar-refractivity contribution < 1.29 is 0 Å². The first-order valence-electron chi connectivity index (χ1n) is 0. The summed E-state index contributed by atoms with van der Waals surface area (Å²) in [5.74, 6) is 0. The summed E-state index contributed by atoms with van der Waals surface area (Å²) in [4.78, 5) is 0. The van der Waals surface area contributed by atoms with Crippen LogP contribution >= 0.6 is 0 Å². The van der Waals surface area contributed by atoms with Crippen LogP contribution in [0.2, 0.25) is 0 Å². The van der Waals surface area contributed by atoms with Crippen LogP contribution in [0.3, 0.4) is 0 Å². The maximum absolute atomic E-state index is 0. The third-order valence-corrected chi connectivity index (χ3v) is 0. The van der Waals surface area contributed by atoms with Gasteiger partial charge in [-0.1, -0.05) is 0 Å². The number of rotatable bonds is 0. The van der Waals surface area contributed by atoms with Crippen LogP contribution in [0.25, 0.3) is 0 Å². The van der Waals surface area contributed by atoms with Crippen molar-refractivity contribution in [1.82, 2.24) is 6.15 Å². The molecule has 0 aliphatic rings. The molecule has 5 heavy (non-hydrogen) atoms. The van der Waals surface area contributed by atoms with Gasteiger partial charge in [-0.05, 0) is 0 Å². The fraction of sp³-hybridized carbons (Fsp3) is 0. The fourth-order valence-corrected chi connectivity index (χ4v) is 0. The number of hydrogen-bond donors (Lipinski definition) is 1. The Morgan fingerprint density at radius 1 is 0.400 bits per heavy atom. The van der Waals surface area contributed by atoms with Crippen molar-refractivity contribution in [2.45, 2.75) is 0 Å². The predicted octanol–water partition coefficient (Wildman–Crippen LogP) is -2.43. The first kappa shape index (κ1) is 36.2. The van der Waals surface area contributed by atoms with Crippen molar-refractivity contribution in [2.75, 3.05) is 0 Å². The molecule has 0 heterocycles. The minimum absolute atomic E-state index is 0. The summed E-state index contributed by atoms with van der Waals surface area (Å²) in [6, 6.07) is 0. The quantitative estimate of drug-likeness (QED) is 0.348. The molecule has 3 N–H and O–H groups in total. The van der Waals surface area contributed by atoms with Gasteiger partial charge in [0.05, 0.1) is 0 Å². The summed E-state index contributed by atoms with van der Waals surface area (Å²) in [5, 5.41) is 0. The van der Waals surface area contributed by atoms with Gasteiger partial charge in [-0.15, -0.1) is 0 Å². The Kier molecular flexibility index (Phi) is 178. The first-order valence-corrected chi connectivity index (χ1v) is 0. The van der Waals surface area contributed by atoms with Gasteiger partial charge in [-0.25, -0.2) is 0 Å². The van der Waals surface area contributed by atoms with E-state index in [1.165, 1.54) is 0 Å². The zero-order valence-electron chi connectivity index (χ0n) is 0.707. The van der Waals surface area contributed by atoms with Crippen LogP contribution in [0.1, 0.15) is 0 Å². The van der Waals surface area contributed by atoms with Gasteiger partial charge in [0.1, 0.15) is 0 Å². The molecular weight excluding hydrogens is 106 g/mol. The second kappa shape index (κ2) is 24.6. The van der Waals surface area contributed by atoms with E-state index in [1.54, 1.807) is 0 Å². The molecule has 0 fully saturated rings. The molecule has 0 unspecified atom stereocenters. The Morgan fingerprint density at radius 3 is 0.400 bits per heavy atom. The average molecular weight is 113 g/mol. The van der Waals surface area contributed by atoms with Crippen LogP contribution in [-0.4, -0.2) is 118 Å². The van der Waals surface area contributed by atoms with Crippen LogP contribution in [-0.2, 0) is 0 Å². The monoisotopic (exact) mass is 113 g/mol. The molecule has 0 aromatic rings. The van der Waals surface area contributed by atoms with E-state index in [1.807, 2.05) is 0 Å². The summed E-state index contributed by atoms with van der Waals surface area (Å²) in [6.45, 7) is 0. The van der Waals surface area contributed by atoms with Crippen LogP contribution in [0.4, 0.5) is 0 Å². The van der Waals surface area contributed by atoms with Crippen molar-refractivity contribution >= 4 is 118 Å². The Bertz CT molecular complexity index is 3.61. The van der Waals surface area contributed by atoms with Gasteiger partial charge >= 0.3 is 118 Å². The van der Waals surface area contributed by atoms with Crippen LogP contribution in [0.5, 0.6) is 0 Å². The standard InChI is InChI=1S/H3N.4Na.4H/h1H3;;;;;;;;. The van der Waals surface area contributed by atoms with Gasteiger partial charge < -0.3 is 6.15 Å². The summed E-state index contributed by atoms with van der Waals surface area (Å²) < 4.78 is 0. The molecular formula is H7NNa4. The Labute approximate surface area is 121 Å². The molecule has 0 amide bonds. The summed E-state index contributed by atoms with van der Waals surface area (Å²) in [6.07, 6.45) is 0. The van der Waals surface area contributed by atoms with Gasteiger partial charge in [-0.3, -0.25) is 0 Å². The Hall–Kier alpha value is 3.96. The zero-order valence-corrected chi connectivity index (χ0v) is 0.707. The van der Waals surface area contributed by atoms with Crippen molar-refractivity contribution in [3.63, 3.8) is 0 Å². The van der Waals surface area contributed by atoms with E-state index in [4.69, 9.17) is 0 Å². The summed E-state index contributed by atoms with van der Waals surface area (Å²) in [7, 11) is 0. The molecule has 0 saturated heterocycles. The van der Waals surface area contributed by atoms with Crippen molar-refractivity contribution in [3.8, 4) is 0 Å². The van der Waals surface area contributed by atoms with Crippen LogP contribution < -0.4 is 6.15 Å². The van der Waals surface area contributed by atoms with E-state index < -0.39 is 0 Å². The van der Waals surface area contributed by atoms with E-state index in [0.29, 0.717) is 0 Å². The van der Waals surface area contributed by atoms with Crippen LogP contribution in [0, 0.1) is 0 Å². The van der Waals surface area contributed by atoms with Gasteiger partial charge in [0, 0.05) is 0 Å². The summed E-state index contributed by atoms with van der Waals surface area (Å²) >= 11 is 0. The van der Waals surface area contributed by atoms with Crippen molar-refractivity contribution in [2.24, 2.45) is 0 Å². The van der Waals surface area contributed by atoms with Crippen molar-refractivity contribution in [3.05, 3.63) is 0 Å². The normalized spacial score (nSPS) is 0.